The second kappa shape index (κ2) is 11.2. The van der Waals surface area contributed by atoms with Crippen molar-refractivity contribution in [3.63, 3.8) is 0 Å². The highest BCUT2D eigenvalue weighted by atomic mass is 19.4. The molecule has 4 aromatic rings. The summed E-state index contributed by atoms with van der Waals surface area (Å²) in [4.78, 5) is 42.4. The minimum Gasteiger partial charge on any atom is -0.496 e. The van der Waals surface area contributed by atoms with Gasteiger partial charge in [-0.1, -0.05) is 0 Å². The van der Waals surface area contributed by atoms with Crippen molar-refractivity contribution in [1.82, 2.24) is 10.3 Å². The van der Waals surface area contributed by atoms with Gasteiger partial charge in [0.25, 0.3) is 5.91 Å². The standard InChI is InChI=1S/C30H24F4N4O5/c1-35-26(39)20-14-19-22(15-25(20)42-2)36-12-9-23(19)43-24-8-7-18(13-21(24)31)38-28(41)29(10-11-29)27(40)37-17-5-3-16(4-6-17)30(32,33)34/h3-9,12-15H,10-11H2,1-2H3,(H,35,39)(H,37,40)(H,38,41). The SMILES string of the molecule is CNC(=O)c1cc2c(Oc3ccc(NC(=O)C4(C(=O)Nc5ccc(C(F)(F)F)cc5)CC4)cc3F)ccnc2cc1OC. The smallest absolute Gasteiger partial charge is 0.416 e. The van der Waals surface area contributed by atoms with Crippen LogP contribution < -0.4 is 25.4 Å². The number of alkyl halides is 3. The summed E-state index contributed by atoms with van der Waals surface area (Å²) >= 11 is 0. The lowest BCUT2D eigenvalue weighted by atomic mass is 10.0. The number of pyridine rings is 1. The Morgan fingerprint density at radius 3 is 2.09 bits per heavy atom. The molecule has 1 heterocycles. The molecule has 222 valence electrons. The number of carbonyl (C=O) groups excluding carboxylic acids is 3. The van der Waals surface area contributed by atoms with Gasteiger partial charge in [-0.05, 0) is 61.4 Å². The van der Waals surface area contributed by atoms with Gasteiger partial charge in [-0.25, -0.2) is 4.39 Å². The van der Waals surface area contributed by atoms with Crippen LogP contribution in [0.1, 0.15) is 28.8 Å². The number of methoxy groups -OCH3 is 1. The third-order valence-electron chi connectivity index (χ3n) is 6.99. The molecule has 1 aromatic heterocycles. The van der Waals surface area contributed by atoms with Crippen LogP contribution in [0.5, 0.6) is 17.2 Å². The van der Waals surface area contributed by atoms with Gasteiger partial charge in [0.1, 0.15) is 16.9 Å². The normalized spacial score (nSPS) is 13.6. The van der Waals surface area contributed by atoms with E-state index >= 15 is 4.39 Å². The lowest BCUT2D eigenvalue weighted by molar-refractivity contribution is -0.137. The fraction of sp³-hybridized carbons (Fsp3) is 0.200. The quantitative estimate of drug-likeness (QED) is 0.172. The van der Waals surface area contributed by atoms with Gasteiger partial charge in [0.05, 0.1) is 23.8 Å². The van der Waals surface area contributed by atoms with Crippen molar-refractivity contribution in [1.29, 1.82) is 0 Å². The minimum atomic E-state index is -4.52. The first-order valence-corrected chi connectivity index (χ1v) is 12.9. The first kappa shape index (κ1) is 29.3. The maximum Gasteiger partial charge on any atom is 0.416 e. The fourth-order valence-electron chi connectivity index (χ4n) is 4.42. The molecular formula is C30H24F4N4O5. The summed E-state index contributed by atoms with van der Waals surface area (Å²) in [5.41, 5.74) is -1.47. The van der Waals surface area contributed by atoms with Crippen molar-refractivity contribution in [2.24, 2.45) is 5.41 Å². The number of aromatic nitrogens is 1. The van der Waals surface area contributed by atoms with E-state index in [2.05, 4.69) is 20.9 Å². The van der Waals surface area contributed by atoms with Gasteiger partial charge in [-0.3, -0.25) is 19.4 Å². The first-order chi connectivity index (χ1) is 20.4. The predicted octanol–water partition coefficient (Wildman–Crippen LogP) is 5.91. The molecule has 0 radical (unpaired) electrons. The third-order valence-corrected chi connectivity index (χ3v) is 6.99. The molecule has 1 aliphatic rings. The fourth-order valence-corrected chi connectivity index (χ4v) is 4.42. The van der Waals surface area contributed by atoms with Crippen molar-refractivity contribution in [2.75, 3.05) is 24.8 Å². The van der Waals surface area contributed by atoms with Gasteiger partial charge in [-0.15, -0.1) is 0 Å². The number of anilines is 2. The number of carbonyl (C=O) groups is 3. The zero-order valence-electron chi connectivity index (χ0n) is 22.8. The lowest BCUT2D eigenvalue weighted by Crippen LogP contribution is -2.35. The summed E-state index contributed by atoms with van der Waals surface area (Å²) in [5.74, 6) is -2.25. The molecule has 3 N–H and O–H groups in total. The number of hydrogen-bond donors (Lipinski definition) is 3. The van der Waals surface area contributed by atoms with E-state index in [1.54, 1.807) is 6.07 Å². The predicted molar refractivity (Wildman–Crippen MR) is 149 cm³/mol. The van der Waals surface area contributed by atoms with Crippen LogP contribution in [0.3, 0.4) is 0 Å². The molecule has 3 aromatic carbocycles. The van der Waals surface area contributed by atoms with Crippen LogP contribution >= 0.6 is 0 Å². The largest absolute Gasteiger partial charge is 0.496 e. The highest BCUT2D eigenvalue weighted by Crippen LogP contribution is 2.48. The highest BCUT2D eigenvalue weighted by molar-refractivity contribution is 6.17. The van der Waals surface area contributed by atoms with Gasteiger partial charge in [-0.2, -0.15) is 13.2 Å². The monoisotopic (exact) mass is 596 g/mol. The Kier molecular flexibility index (Phi) is 7.65. The summed E-state index contributed by atoms with van der Waals surface area (Å²) in [7, 11) is 2.89. The van der Waals surface area contributed by atoms with Crippen molar-refractivity contribution in [3.05, 3.63) is 83.8 Å². The lowest BCUT2D eigenvalue weighted by Gasteiger charge is -2.16. The molecule has 9 nitrogen and oxygen atoms in total. The van der Waals surface area contributed by atoms with Crippen LogP contribution in [0.25, 0.3) is 10.9 Å². The van der Waals surface area contributed by atoms with E-state index in [1.165, 1.54) is 44.6 Å². The van der Waals surface area contributed by atoms with Crippen LogP contribution in [-0.4, -0.2) is 36.9 Å². The number of ether oxygens (including phenoxy) is 2. The second-order valence-electron chi connectivity index (χ2n) is 9.77. The molecule has 43 heavy (non-hydrogen) atoms. The first-order valence-electron chi connectivity index (χ1n) is 12.9. The van der Waals surface area contributed by atoms with E-state index in [-0.39, 0.29) is 41.3 Å². The van der Waals surface area contributed by atoms with Crippen molar-refractivity contribution < 1.29 is 41.4 Å². The molecule has 1 fully saturated rings. The van der Waals surface area contributed by atoms with Crippen LogP contribution in [0.2, 0.25) is 0 Å². The van der Waals surface area contributed by atoms with Crippen LogP contribution in [-0.2, 0) is 15.8 Å². The average Bonchev–Trinajstić information content (AvgIpc) is 3.80. The molecule has 0 spiro atoms. The Morgan fingerprint density at radius 2 is 1.51 bits per heavy atom. The van der Waals surface area contributed by atoms with Crippen LogP contribution in [0.15, 0.2) is 66.9 Å². The van der Waals surface area contributed by atoms with Gasteiger partial charge in [0, 0.05) is 42.1 Å². The summed E-state index contributed by atoms with van der Waals surface area (Å²) < 4.78 is 64.6. The number of rotatable bonds is 8. The molecule has 0 unspecified atom stereocenters. The maximum atomic E-state index is 15.1. The van der Waals surface area contributed by atoms with Crippen LogP contribution in [0, 0.1) is 11.2 Å². The van der Waals surface area contributed by atoms with Crippen molar-refractivity contribution >= 4 is 40.0 Å². The minimum absolute atomic E-state index is 0.0645. The van der Waals surface area contributed by atoms with E-state index in [1.807, 2.05) is 0 Å². The Morgan fingerprint density at radius 1 is 0.860 bits per heavy atom. The van der Waals surface area contributed by atoms with Crippen molar-refractivity contribution in [3.8, 4) is 17.2 Å². The summed E-state index contributed by atoms with van der Waals surface area (Å²) in [6.07, 6.45) is -2.64. The Bertz CT molecular complexity index is 1740. The molecule has 0 aliphatic heterocycles. The highest BCUT2D eigenvalue weighted by Gasteiger charge is 2.56. The summed E-state index contributed by atoms with van der Waals surface area (Å²) in [6.45, 7) is 0. The maximum absolute atomic E-state index is 15.1. The molecular weight excluding hydrogens is 572 g/mol. The number of amides is 3. The number of benzene rings is 3. The van der Waals surface area contributed by atoms with Crippen LogP contribution in [0.4, 0.5) is 28.9 Å². The van der Waals surface area contributed by atoms with Gasteiger partial charge in [0.2, 0.25) is 11.8 Å². The number of hydrogen-bond acceptors (Lipinski definition) is 6. The van der Waals surface area contributed by atoms with Gasteiger partial charge in [0.15, 0.2) is 11.6 Å². The zero-order valence-corrected chi connectivity index (χ0v) is 22.8. The van der Waals surface area contributed by atoms with Gasteiger partial charge < -0.3 is 25.4 Å². The Hall–Kier alpha value is -5.20. The Balaban J connectivity index is 1.30. The molecule has 13 heteroatoms. The average molecular weight is 597 g/mol. The van der Waals surface area contributed by atoms with E-state index in [9.17, 15) is 27.6 Å². The molecule has 1 aliphatic carbocycles. The van der Waals surface area contributed by atoms with E-state index in [4.69, 9.17) is 9.47 Å². The number of fused-ring (bicyclic) bond motifs is 1. The number of halogens is 4. The number of nitrogens with one attached hydrogen (secondary N) is 3. The molecule has 0 saturated heterocycles. The topological polar surface area (TPSA) is 119 Å². The molecule has 0 atom stereocenters. The molecule has 3 amide bonds. The van der Waals surface area contributed by atoms with E-state index in [0.29, 0.717) is 16.7 Å². The second-order valence-corrected chi connectivity index (χ2v) is 9.77. The molecule has 1 saturated carbocycles. The van der Waals surface area contributed by atoms with E-state index in [0.717, 1.165) is 30.3 Å². The third kappa shape index (κ3) is 5.92. The summed E-state index contributed by atoms with van der Waals surface area (Å²) in [6, 6.07) is 12.2. The Labute approximate surface area is 242 Å². The number of nitrogens with zero attached hydrogens (tertiary/aromatic N) is 1. The van der Waals surface area contributed by atoms with E-state index < -0.39 is 40.7 Å². The summed E-state index contributed by atoms with van der Waals surface area (Å²) in [5, 5.41) is 7.95. The molecule has 0 bridgehead atoms. The molecule has 5 rings (SSSR count). The van der Waals surface area contributed by atoms with Crippen molar-refractivity contribution in [2.45, 2.75) is 19.0 Å². The van der Waals surface area contributed by atoms with Gasteiger partial charge >= 0.3 is 6.18 Å². The zero-order chi connectivity index (χ0) is 30.9.